The van der Waals surface area contributed by atoms with E-state index in [1.165, 1.54) is 29.9 Å². The van der Waals surface area contributed by atoms with E-state index in [2.05, 4.69) is 52.4 Å². The highest BCUT2D eigenvalue weighted by atomic mass is 32.2. The topological polar surface area (TPSA) is 24.4 Å². The average Bonchev–Trinajstić information content (AvgIpc) is 2.89. The van der Waals surface area contributed by atoms with E-state index < -0.39 is 0 Å². The van der Waals surface area contributed by atoms with Gasteiger partial charge in [-0.1, -0.05) is 42.1 Å². The number of nitrogens with one attached hydrogen (secondary N) is 1. The van der Waals surface area contributed by atoms with E-state index in [1.807, 2.05) is 11.8 Å². The maximum Gasteiger partial charge on any atom is 0.157 e. The average molecular weight is 278 g/mol. The molecule has 0 radical (unpaired) electrons. The van der Waals surface area contributed by atoms with Crippen molar-refractivity contribution in [2.75, 3.05) is 18.1 Å². The summed E-state index contributed by atoms with van der Waals surface area (Å²) < 4.78 is 0. The number of aliphatic imine (C=N–C) groups is 1. The SMILES string of the molecule is c1ccc(C2CN=C(NC3CCSCC3)S2)cc1. The van der Waals surface area contributed by atoms with Gasteiger partial charge in [-0.25, -0.2) is 0 Å². The fourth-order valence-corrected chi connectivity index (χ4v) is 4.51. The molecule has 0 aromatic heterocycles. The lowest BCUT2D eigenvalue weighted by Crippen LogP contribution is -2.35. The van der Waals surface area contributed by atoms with Gasteiger partial charge in [-0.2, -0.15) is 11.8 Å². The fraction of sp³-hybridized carbons (Fsp3) is 0.500. The summed E-state index contributed by atoms with van der Waals surface area (Å²) in [5.74, 6) is 2.58. The van der Waals surface area contributed by atoms with E-state index in [4.69, 9.17) is 0 Å². The van der Waals surface area contributed by atoms with E-state index in [-0.39, 0.29) is 0 Å². The highest BCUT2D eigenvalue weighted by molar-refractivity contribution is 8.14. The van der Waals surface area contributed by atoms with Crippen LogP contribution in [-0.4, -0.2) is 29.3 Å². The molecule has 2 aliphatic rings. The van der Waals surface area contributed by atoms with Crippen LogP contribution in [0.5, 0.6) is 0 Å². The Labute approximate surface area is 117 Å². The third-order valence-electron chi connectivity index (χ3n) is 3.37. The Morgan fingerprint density at radius 1 is 1.11 bits per heavy atom. The molecular formula is C14H18N2S2. The van der Waals surface area contributed by atoms with E-state index in [1.54, 1.807) is 0 Å². The molecule has 96 valence electrons. The van der Waals surface area contributed by atoms with Crippen molar-refractivity contribution in [1.29, 1.82) is 0 Å². The van der Waals surface area contributed by atoms with Gasteiger partial charge in [0.15, 0.2) is 5.17 Å². The lowest BCUT2D eigenvalue weighted by atomic mass is 10.1. The highest BCUT2D eigenvalue weighted by Gasteiger charge is 2.23. The molecule has 2 heterocycles. The highest BCUT2D eigenvalue weighted by Crippen LogP contribution is 2.34. The second-order valence-electron chi connectivity index (χ2n) is 4.69. The van der Waals surface area contributed by atoms with Crippen molar-refractivity contribution < 1.29 is 0 Å². The predicted octanol–water partition coefficient (Wildman–Crippen LogP) is 3.32. The number of thioether (sulfide) groups is 2. The monoisotopic (exact) mass is 278 g/mol. The lowest BCUT2D eigenvalue weighted by molar-refractivity contribution is 0.570. The number of amidine groups is 1. The van der Waals surface area contributed by atoms with Gasteiger partial charge in [-0.3, -0.25) is 4.99 Å². The normalized spacial score (nSPS) is 24.9. The predicted molar refractivity (Wildman–Crippen MR) is 82.6 cm³/mol. The molecule has 1 saturated heterocycles. The van der Waals surface area contributed by atoms with Gasteiger partial charge < -0.3 is 5.32 Å². The first-order chi connectivity index (χ1) is 8.92. The van der Waals surface area contributed by atoms with Crippen molar-refractivity contribution in [3.8, 4) is 0 Å². The number of hydrogen-bond donors (Lipinski definition) is 1. The number of benzene rings is 1. The van der Waals surface area contributed by atoms with Crippen LogP contribution < -0.4 is 5.32 Å². The molecule has 0 aliphatic carbocycles. The summed E-state index contributed by atoms with van der Waals surface area (Å²) in [6.45, 7) is 0.915. The van der Waals surface area contributed by atoms with Gasteiger partial charge >= 0.3 is 0 Å². The Balaban J connectivity index is 1.54. The zero-order valence-electron chi connectivity index (χ0n) is 10.3. The van der Waals surface area contributed by atoms with Crippen molar-refractivity contribution in [3.05, 3.63) is 35.9 Å². The summed E-state index contributed by atoms with van der Waals surface area (Å²) >= 11 is 3.96. The molecule has 2 aliphatic heterocycles. The van der Waals surface area contributed by atoms with Crippen LogP contribution in [-0.2, 0) is 0 Å². The van der Waals surface area contributed by atoms with Crippen LogP contribution in [0, 0.1) is 0 Å². The van der Waals surface area contributed by atoms with Crippen LogP contribution in [0.2, 0.25) is 0 Å². The van der Waals surface area contributed by atoms with Crippen molar-refractivity contribution in [2.45, 2.75) is 24.1 Å². The Kier molecular flexibility index (Phi) is 4.16. The molecule has 1 aromatic rings. The van der Waals surface area contributed by atoms with Gasteiger partial charge in [0, 0.05) is 6.04 Å². The number of rotatable bonds is 2. The quantitative estimate of drug-likeness (QED) is 0.898. The molecule has 0 amide bonds. The van der Waals surface area contributed by atoms with Gasteiger partial charge in [-0.05, 0) is 29.9 Å². The summed E-state index contributed by atoms with van der Waals surface area (Å²) in [6.07, 6.45) is 2.56. The zero-order valence-corrected chi connectivity index (χ0v) is 12.0. The Morgan fingerprint density at radius 3 is 2.67 bits per heavy atom. The first-order valence-electron chi connectivity index (χ1n) is 6.52. The van der Waals surface area contributed by atoms with Crippen molar-refractivity contribution in [3.63, 3.8) is 0 Å². The van der Waals surface area contributed by atoms with E-state index >= 15 is 0 Å². The molecule has 2 nitrogen and oxygen atoms in total. The van der Waals surface area contributed by atoms with Gasteiger partial charge in [0.2, 0.25) is 0 Å². The lowest BCUT2D eigenvalue weighted by Gasteiger charge is -2.23. The molecule has 18 heavy (non-hydrogen) atoms. The minimum absolute atomic E-state index is 0.506. The summed E-state index contributed by atoms with van der Waals surface area (Å²) in [4.78, 5) is 4.65. The maximum atomic E-state index is 4.65. The third kappa shape index (κ3) is 3.04. The Hall–Kier alpha value is -0.610. The minimum Gasteiger partial charge on any atom is -0.362 e. The Bertz CT molecular complexity index is 413. The van der Waals surface area contributed by atoms with E-state index in [0.29, 0.717) is 11.3 Å². The van der Waals surface area contributed by atoms with Crippen molar-refractivity contribution in [1.82, 2.24) is 5.32 Å². The van der Waals surface area contributed by atoms with E-state index in [9.17, 15) is 0 Å². The maximum absolute atomic E-state index is 4.65. The van der Waals surface area contributed by atoms with Gasteiger partial charge in [0.25, 0.3) is 0 Å². The third-order valence-corrected chi connectivity index (χ3v) is 5.60. The molecule has 3 rings (SSSR count). The van der Waals surface area contributed by atoms with Crippen LogP contribution in [0.4, 0.5) is 0 Å². The summed E-state index contributed by atoms with van der Waals surface area (Å²) in [5.41, 5.74) is 1.39. The summed E-state index contributed by atoms with van der Waals surface area (Å²) in [6, 6.07) is 11.3. The van der Waals surface area contributed by atoms with Gasteiger partial charge in [-0.15, -0.1) is 0 Å². The molecule has 1 N–H and O–H groups in total. The van der Waals surface area contributed by atoms with Crippen LogP contribution in [0.15, 0.2) is 35.3 Å². The zero-order chi connectivity index (χ0) is 12.2. The summed E-state index contributed by atoms with van der Waals surface area (Å²) in [5, 5.41) is 5.28. The second kappa shape index (κ2) is 6.02. The molecule has 0 bridgehead atoms. The number of hydrogen-bond acceptors (Lipinski definition) is 4. The molecular weight excluding hydrogens is 260 g/mol. The largest absolute Gasteiger partial charge is 0.362 e. The Morgan fingerprint density at radius 2 is 1.89 bits per heavy atom. The van der Waals surface area contributed by atoms with Gasteiger partial charge in [0.1, 0.15) is 0 Å². The summed E-state index contributed by atoms with van der Waals surface area (Å²) in [7, 11) is 0. The van der Waals surface area contributed by atoms with Crippen LogP contribution >= 0.6 is 23.5 Å². The molecule has 1 atom stereocenters. The van der Waals surface area contributed by atoms with E-state index in [0.717, 1.165) is 11.7 Å². The van der Waals surface area contributed by atoms with Crippen molar-refractivity contribution in [2.24, 2.45) is 4.99 Å². The minimum atomic E-state index is 0.506. The first-order valence-corrected chi connectivity index (χ1v) is 8.55. The molecule has 1 aromatic carbocycles. The fourth-order valence-electron chi connectivity index (χ4n) is 2.31. The molecule has 1 unspecified atom stereocenters. The standard InChI is InChI=1S/C14H18N2S2/c1-2-4-11(5-3-1)13-10-15-14(18-13)16-12-6-8-17-9-7-12/h1-5,12-13H,6-10H2,(H,15,16). The van der Waals surface area contributed by atoms with Gasteiger partial charge in [0.05, 0.1) is 11.8 Å². The van der Waals surface area contributed by atoms with Crippen molar-refractivity contribution >= 4 is 28.7 Å². The smallest absolute Gasteiger partial charge is 0.157 e. The second-order valence-corrected chi connectivity index (χ2v) is 7.11. The van der Waals surface area contributed by atoms with Crippen LogP contribution in [0.1, 0.15) is 23.7 Å². The number of nitrogens with zero attached hydrogens (tertiary/aromatic N) is 1. The molecule has 1 fully saturated rings. The first kappa shape index (κ1) is 12.4. The molecule has 0 saturated carbocycles. The van der Waals surface area contributed by atoms with Crippen LogP contribution in [0.25, 0.3) is 0 Å². The van der Waals surface area contributed by atoms with Crippen LogP contribution in [0.3, 0.4) is 0 Å². The molecule has 0 spiro atoms. The molecule has 4 heteroatoms.